The van der Waals surface area contributed by atoms with Crippen LogP contribution >= 0.6 is 0 Å². The monoisotopic (exact) mass is 403 g/mol. The third-order valence-corrected chi connectivity index (χ3v) is 5.48. The molecule has 1 unspecified atom stereocenters. The maximum atomic E-state index is 13.0. The molecule has 0 bridgehead atoms. The van der Waals surface area contributed by atoms with Gasteiger partial charge in [0.25, 0.3) is 0 Å². The molecule has 0 aliphatic carbocycles. The van der Waals surface area contributed by atoms with Crippen LogP contribution in [0.3, 0.4) is 0 Å². The second-order valence-corrected chi connectivity index (χ2v) is 7.60. The first-order valence-electron chi connectivity index (χ1n) is 10.2. The summed E-state index contributed by atoms with van der Waals surface area (Å²) in [5.74, 6) is -0.404. The molecule has 0 spiro atoms. The van der Waals surface area contributed by atoms with Gasteiger partial charge in [-0.2, -0.15) is 0 Å². The van der Waals surface area contributed by atoms with Crippen LogP contribution in [0.25, 0.3) is 10.8 Å². The lowest BCUT2D eigenvalue weighted by Crippen LogP contribution is -2.49. The van der Waals surface area contributed by atoms with Gasteiger partial charge >= 0.3 is 0 Å². The lowest BCUT2D eigenvalue weighted by atomic mass is 10.0. The number of benzene rings is 3. The first kappa shape index (κ1) is 20.3. The first-order valence-corrected chi connectivity index (χ1v) is 10.2. The number of ether oxygens (including phenoxy) is 2. The third-order valence-electron chi connectivity index (χ3n) is 5.48. The minimum absolute atomic E-state index is 0.0341. The van der Waals surface area contributed by atoms with Gasteiger partial charge in [-0.05, 0) is 28.8 Å². The van der Waals surface area contributed by atoms with Crippen molar-refractivity contribution in [1.29, 1.82) is 0 Å². The fourth-order valence-corrected chi connectivity index (χ4v) is 3.77. The Morgan fingerprint density at radius 3 is 2.57 bits per heavy atom. The Kier molecular flexibility index (Phi) is 6.21. The summed E-state index contributed by atoms with van der Waals surface area (Å²) in [6.07, 6.45) is -0.628. The molecule has 30 heavy (non-hydrogen) atoms. The lowest BCUT2D eigenvalue weighted by Gasteiger charge is -2.22. The summed E-state index contributed by atoms with van der Waals surface area (Å²) in [7, 11) is 0. The topological polar surface area (TPSA) is 64.6 Å². The summed E-state index contributed by atoms with van der Waals surface area (Å²) in [6.45, 7) is 2.13. The molecule has 4 rings (SSSR count). The van der Waals surface area contributed by atoms with Gasteiger partial charge in [-0.3, -0.25) is 9.59 Å². The average molecular weight is 403 g/mol. The summed E-state index contributed by atoms with van der Waals surface area (Å²) in [5, 5.41) is 5.07. The largest absolute Gasteiger partial charge is 0.368 e. The van der Waals surface area contributed by atoms with Gasteiger partial charge in [0.1, 0.15) is 18.8 Å². The van der Waals surface area contributed by atoms with Gasteiger partial charge in [0, 0.05) is 6.42 Å². The van der Waals surface area contributed by atoms with Crippen LogP contribution < -0.4 is 5.32 Å². The molecular weight excluding hydrogens is 378 g/mol. The number of hydrogen-bond donors (Lipinski definition) is 1. The Labute approximate surface area is 176 Å². The zero-order valence-corrected chi connectivity index (χ0v) is 16.9. The number of amides is 1. The Bertz CT molecular complexity index is 1030. The van der Waals surface area contributed by atoms with Crippen molar-refractivity contribution in [2.24, 2.45) is 0 Å². The van der Waals surface area contributed by atoms with E-state index in [1.807, 2.05) is 54.6 Å². The van der Waals surface area contributed by atoms with E-state index >= 15 is 0 Å². The van der Waals surface area contributed by atoms with Crippen molar-refractivity contribution in [2.45, 2.75) is 38.2 Å². The third kappa shape index (κ3) is 4.58. The van der Waals surface area contributed by atoms with E-state index in [-0.39, 0.29) is 24.4 Å². The fourth-order valence-electron chi connectivity index (χ4n) is 3.77. The summed E-state index contributed by atoms with van der Waals surface area (Å²) in [5.41, 5.74) is 2.02. The zero-order chi connectivity index (χ0) is 20.9. The first-order chi connectivity index (χ1) is 14.6. The molecular formula is C25H25NO4. The van der Waals surface area contributed by atoms with Crippen LogP contribution in [-0.4, -0.2) is 36.5 Å². The van der Waals surface area contributed by atoms with Gasteiger partial charge in [-0.1, -0.05) is 72.8 Å². The van der Waals surface area contributed by atoms with E-state index in [9.17, 15) is 9.59 Å². The summed E-state index contributed by atoms with van der Waals surface area (Å²) >= 11 is 0. The highest BCUT2D eigenvalue weighted by Crippen LogP contribution is 2.20. The number of carbonyl (C=O) groups is 2. The van der Waals surface area contributed by atoms with Crippen molar-refractivity contribution in [3.8, 4) is 0 Å². The highest BCUT2D eigenvalue weighted by Gasteiger charge is 2.35. The Morgan fingerprint density at radius 2 is 1.80 bits per heavy atom. The minimum Gasteiger partial charge on any atom is -0.368 e. The van der Waals surface area contributed by atoms with Gasteiger partial charge < -0.3 is 14.8 Å². The van der Waals surface area contributed by atoms with E-state index < -0.39 is 12.1 Å². The normalized spacial score (nSPS) is 19.7. The molecule has 1 saturated heterocycles. The van der Waals surface area contributed by atoms with Crippen molar-refractivity contribution in [3.05, 3.63) is 83.9 Å². The molecule has 5 nitrogen and oxygen atoms in total. The highest BCUT2D eigenvalue weighted by atomic mass is 16.5. The van der Waals surface area contributed by atoms with Gasteiger partial charge in [-0.15, -0.1) is 0 Å². The maximum Gasteiger partial charge on any atom is 0.250 e. The van der Waals surface area contributed by atoms with E-state index in [0.29, 0.717) is 13.0 Å². The SMILES string of the molecule is CC1OCC(=O)[C@H]1NC(=O)[C@@H](Cc1ccccc1)OCc1cccc2ccccc12. The van der Waals surface area contributed by atoms with Crippen molar-refractivity contribution in [3.63, 3.8) is 0 Å². The van der Waals surface area contributed by atoms with Crippen LogP contribution in [0, 0.1) is 0 Å². The van der Waals surface area contributed by atoms with E-state index in [4.69, 9.17) is 9.47 Å². The van der Waals surface area contributed by atoms with Crippen molar-refractivity contribution < 1.29 is 19.1 Å². The minimum atomic E-state index is -0.716. The molecule has 1 amide bonds. The van der Waals surface area contributed by atoms with Crippen LogP contribution in [0.5, 0.6) is 0 Å². The van der Waals surface area contributed by atoms with Crippen molar-refractivity contribution in [2.75, 3.05) is 6.61 Å². The van der Waals surface area contributed by atoms with Crippen molar-refractivity contribution >= 4 is 22.5 Å². The second kappa shape index (κ2) is 9.20. The molecule has 5 heteroatoms. The lowest BCUT2D eigenvalue weighted by molar-refractivity contribution is -0.136. The van der Waals surface area contributed by atoms with Crippen LogP contribution in [0.4, 0.5) is 0 Å². The molecule has 1 heterocycles. The van der Waals surface area contributed by atoms with Gasteiger partial charge in [0.05, 0.1) is 12.7 Å². The maximum absolute atomic E-state index is 13.0. The van der Waals surface area contributed by atoms with Crippen LogP contribution in [-0.2, 0) is 32.1 Å². The van der Waals surface area contributed by atoms with Gasteiger partial charge in [0.2, 0.25) is 5.91 Å². The van der Waals surface area contributed by atoms with E-state index in [1.165, 1.54) is 0 Å². The second-order valence-electron chi connectivity index (χ2n) is 7.60. The Morgan fingerprint density at radius 1 is 1.07 bits per heavy atom. The molecule has 1 aliphatic rings. The van der Waals surface area contributed by atoms with E-state index in [0.717, 1.165) is 21.9 Å². The number of nitrogens with one attached hydrogen (secondary N) is 1. The highest BCUT2D eigenvalue weighted by molar-refractivity contribution is 5.93. The van der Waals surface area contributed by atoms with Crippen LogP contribution in [0.2, 0.25) is 0 Å². The van der Waals surface area contributed by atoms with Crippen LogP contribution in [0.1, 0.15) is 18.1 Å². The molecule has 3 atom stereocenters. The molecule has 1 aliphatic heterocycles. The molecule has 3 aromatic carbocycles. The van der Waals surface area contributed by atoms with Gasteiger partial charge in [0.15, 0.2) is 5.78 Å². The number of carbonyl (C=O) groups excluding carboxylic acids is 2. The molecule has 3 aromatic rings. The Balaban J connectivity index is 1.52. The Hall–Kier alpha value is -3.02. The number of Topliss-reactive ketones (excluding diaryl/α,β-unsaturated/α-hetero) is 1. The molecule has 0 saturated carbocycles. The summed E-state index contributed by atoms with van der Waals surface area (Å²) in [6, 6.07) is 23.3. The summed E-state index contributed by atoms with van der Waals surface area (Å²) in [4.78, 5) is 25.1. The fraction of sp³-hybridized carbons (Fsp3) is 0.280. The average Bonchev–Trinajstić information content (AvgIpc) is 3.09. The van der Waals surface area contributed by atoms with Crippen LogP contribution in [0.15, 0.2) is 72.8 Å². The smallest absolute Gasteiger partial charge is 0.250 e. The number of rotatable bonds is 7. The quantitative estimate of drug-likeness (QED) is 0.656. The van der Waals surface area contributed by atoms with E-state index in [2.05, 4.69) is 23.5 Å². The van der Waals surface area contributed by atoms with E-state index in [1.54, 1.807) is 6.92 Å². The predicted molar refractivity (Wildman–Crippen MR) is 115 cm³/mol. The molecule has 0 aromatic heterocycles. The predicted octanol–water partition coefficient (Wildman–Crippen LogP) is 3.44. The molecule has 154 valence electrons. The van der Waals surface area contributed by atoms with Gasteiger partial charge in [-0.25, -0.2) is 0 Å². The molecule has 1 N–H and O–H groups in total. The zero-order valence-electron chi connectivity index (χ0n) is 16.9. The molecule has 1 fully saturated rings. The molecule has 0 radical (unpaired) electrons. The number of hydrogen-bond acceptors (Lipinski definition) is 4. The summed E-state index contributed by atoms with van der Waals surface area (Å²) < 4.78 is 11.5. The number of ketones is 1. The number of fused-ring (bicyclic) bond motifs is 1. The standard InChI is InChI=1S/C25H25NO4/c1-17-24(22(27)16-29-17)26-25(28)23(14-18-8-3-2-4-9-18)30-15-20-12-7-11-19-10-5-6-13-21(19)20/h2-13,17,23-24H,14-16H2,1H3,(H,26,28)/t17?,23-,24+/m1/s1. The van der Waals surface area contributed by atoms with Crippen molar-refractivity contribution in [1.82, 2.24) is 5.32 Å².